The van der Waals surface area contributed by atoms with Crippen LogP contribution in [0.25, 0.3) is 0 Å². The van der Waals surface area contributed by atoms with E-state index in [9.17, 15) is 4.39 Å². The molecule has 0 aromatic rings. The fourth-order valence-electron chi connectivity index (χ4n) is 2.03. The van der Waals surface area contributed by atoms with Crippen molar-refractivity contribution in [3.8, 4) is 0 Å². The van der Waals surface area contributed by atoms with Gasteiger partial charge >= 0.3 is 0 Å². The first-order chi connectivity index (χ1) is 7.79. The Morgan fingerprint density at radius 2 is 2.12 bits per heavy atom. The topological polar surface area (TPSA) is 39.7 Å². The maximum atomic E-state index is 14.1. The van der Waals surface area contributed by atoms with E-state index in [4.69, 9.17) is 14.2 Å². The number of rotatable bonds is 4. The van der Waals surface area contributed by atoms with Crippen LogP contribution < -0.4 is 5.32 Å². The summed E-state index contributed by atoms with van der Waals surface area (Å²) in [5, 5.41) is 3.14. The molecule has 5 heteroatoms. The molecule has 0 bridgehead atoms. The van der Waals surface area contributed by atoms with Crippen LogP contribution in [-0.4, -0.2) is 57.9 Å². The lowest BCUT2D eigenvalue weighted by atomic mass is 9.96. The van der Waals surface area contributed by atoms with Gasteiger partial charge in [0.2, 0.25) is 0 Å². The molecule has 0 aliphatic carbocycles. The highest BCUT2D eigenvalue weighted by atomic mass is 19.1. The average molecular weight is 233 g/mol. The minimum Gasteiger partial charge on any atom is -0.376 e. The highest BCUT2D eigenvalue weighted by molar-refractivity contribution is 4.84. The Balaban J connectivity index is 1.62. The van der Waals surface area contributed by atoms with Gasteiger partial charge in [-0.25, -0.2) is 4.39 Å². The third-order valence-corrected chi connectivity index (χ3v) is 3.05. The Bertz CT molecular complexity index is 203. The van der Waals surface area contributed by atoms with Gasteiger partial charge in [-0.2, -0.15) is 0 Å². The molecule has 0 aromatic heterocycles. The van der Waals surface area contributed by atoms with Crippen LogP contribution in [0.15, 0.2) is 0 Å². The quantitative estimate of drug-likeness (QED) is 0.768. The molecular formula is C11H20FNO3. The van der Waals surface area contributed by atoms with Crippen LogP contribution in [0.5, 0.6) is 0 Å². The fraction of sp³-hybridized carbons (Fsp3) is 1.00. The maximum absolute atomic E-state index is 14.1. The van der Waals surface area contributed by atoms with Crippen molar-refractivity contribution in [3.63, 3.8) is 0 Å². The van der Waals surface area contributed by atoms with Crippen LogP contribution in [0.4, 0.5) is 4.39 Å². The summed E-state index contributed by atoms with van der Waals surface area (Å²) in [7, 11) is 0. The molecule has 1 N–H and O–H groups in total. The van der Waals surface area contributed by atoms with Gasteiger partial charge in [0.05, 0.1) is 33.0 Å². The lowest BCUT2D eigenvalue weighted by Gasteiger charge is -2.30. The van der Waals surface area contributed by atoms with Crippen molar-refractivity contribution in [3.05, 3.63) is 0 Å². The Hall–Kier alpha value is -0.230. The van der Waals surface area contributed by atoms with Crippen molar-refractivity contribution in [2.75, 3.05) is 46.1 Å². The number of piperidine rings is 1. The first kappa shape index (κ1) is 12.2. The normalized spacial score (nSPS) is 30.2. The molecular weight excluding hydrogens is 213 g/mol. The van der Waals surface area contributed by atoms with Crippen molar-refractivity contribution in [2.24, 2.45) is 0 Å². The predicted octanol–water partition coefficient (Wildman–Crippen LogP) is 0.510. The van der Waals surface area contributed by atoms with E-state index in [-0.39, 0.29) is 12.7 Å². The standard InChI is InChI=1S/C11H20FNO3/c12-11(1-3-13-4-2-11)9-15-8-10-7-14-5-6-16-10/h10,13H,1-9H2. The Morgan fingerprint density at radius 3 is 2.81 bits per heavy atom. The minimum atomic E-state index is -1.15. The summed E-state index contributed by atoms with van der Waals surface area (Å²) < 4.78 is 30.2. The molecule has 1 unspecified atom stereocenters. The second kappa shape index (κ2) is 5.91. The van der Waals surface area contributed by atoms with Gasteiger partial charge in [0.15, 0.2) is 0 Å². The van der Waals surface area contributed by atoms with Crippen LogP contribution in [0, 0.1) is 0 Å². The van der Waals surface area contributed by atoms with Crippen LogP contribution in [0.3, 0.4) is 0 Å². The number of hydrogen-bond acceptors (Lipinski definition) is 4. The van der Waals surface area contributed by atoms with Gasteiger partial charge in [-0.15, -0.1) is 0 Å². The zero-order chi connectivity index (χ0) is 11.3. The molecule has 2 aliphatic heterocycles. The molecule has 4 nitrogen and oxygen atoms in total. The molecule has 1 atom stereocenters. The van der Waals surface area contributed by atoms with Gasteiger partial charge in [-0.1, -0.05) is 0 Å². The van der Waals surface area contributed by atoms with Crippen molar-refractivity contribution in [2.45, 2.75) is 24.6 Å². The van der Waals surface area contributed by atoms with Crippen LogP contribution in [0.2, 0.25) is 0 Å². The fourth-order valence-corrected chi connectivity index (χ4v) is 2.03. The SMILES string of the molecule is FC1(COCC2COCCO2)CCNCC1. The van der Waals surface area contributed by atoms with Gasteiger partial charge < -0.3 is 19.5 Å². The molecule has 0 radical (unpaired) electrons. The molecule has 2 saturated heterocycles. The van der Waals surface area contributed by atoms with E-state index < -0.39 is 5.67 Å². The second-order valence-corrected chi connectivity index (χ2v) is 4.48. The Labute approximate surface area is 95.4 Å². The molecule has 2 fully saturated rings. The first-order valence-electron chi connectivity index (χ1n) is 5.95. The van der Waals surface area contributed by atoms with E-state index >= 15 is 0 Å². The zero-order valence-electron chi connectivity index (χ0n) is 9.54. The lowest BCUT2D eigenvalue weighted by Crippen LogP contribution is -2.43. The summed E-state index contributed by atoms with van der Waals surface area (Å²) in [6.07, 6.45) is 1.04. The zero-order valence-corrected chi connectivity index (χ0v) is 9.54. The number of halogens is 1. The molecule has 0 aromatic carbocycles. The first-order valence-corrected chi connectivity index (χ1v) is 5.95. The van der Waals surface area contributed by atoms with Crippen molar-refractivity contribution >= 4 is 0 Å². The molecule has 94 valence electrons. The van der Waals surface area contributed by atoms with E-state index in [1.54, 1.807) is 0 Å². The summed E-state index contributed by atoms with van der Waals surface area (Å²) in [6.45, 7) is 3.90. The van der Waals surface area contributed by atoms with Crippen molar-refractivity contribution < 1.29 is 18.6 Å². The number of ether oxygens (including phenoxy) is 3. The van der Waals surface area contributed by atoms with E-state index in [2.05, 4.69) is 5.32 Å². The maximum Gasteiger partial charge on any atom is 0.136 e. The number of hydrogen-bond donors (Lipinski definition) is 1. The summed E-state index contributed by atoms with van der Waals surface area (Å²) in [4.78, 5) is 0. The third-order valence-electron chi connectivity index (χ3n) is 3.05. The third kappa shape index (κ3) is 3.66. The van der Waals surface area contributed by atoms with Gasteiger partial charge in [0, 0.05) is 0 Å². The van der Waals surface area contributed by atoms with Gasteiger partial charge in [-0.05, 0) is 25.9 Å². The summed E-state index contributed by atoms with van der Waals surface area (Å²) in [5.41, 5.74) is -1.15. The molecule has 2 aliphatic rings. The summed E-state index contributed by atoms with van der Waals surface area (Å²) in [5.74, 6) is 0. The Morgan fingerprint density at radius 1 is 1.31 bits per heavy atom. The van der Waals surface area contributed by atoms with E-state index in [1.807, 2.05) is 0 Å². The smallest absolute Gasteiger partial charge is 0.136 e. The van der Waals surface area contributed by atoms with Crippen molar-refractivity contribution in [1.29, 1.82) is 0 Å². The monoisotopic (exact) mass is 233 g/mol. The number of nitrogens with one attached hydrogen (secondary N) is 1. The van der Waals surface area contributed by atoms with E-state index in [1.165, 1.54) is 0 Å². The minimum absolute atomic E-state index is 0.0286. The Kier molecular flexibility index (Phi) is 4.52. The average Bonchev–Trinajstić information content (AvgIpc) is 2.31. The second-order valence-electron chi connectivity index (χ2n) is 4.48. The molecule has 0 spiro atoms. The largest absolute Gasteiger partial charge is 0.376 e. The highest BCUT2D eigenvalue weighted by Gasteiger charge is 2.32. The van der Waals surface area contributed by atoms with Gasteiger partial charge in [0.1, 0.15) is 11.8 Å². The lowest BCUT2D eigenvalue weighted by molar-refractivity contribution is -0.125. The van der Waals surface area contributed by atoms with Crippen LogP contribution in [-0.2, 0) is 14.2 Å². The molecule has 2 heterocycles. The highest BCUT2D eigenvalue weighted by Crippen LogP contribution is 2.23. The van der Waals surface area contributed by atoms with Crippen LogP contribution in [0.1, 0.15) is 12.8 Å². The van der Waals surface area contributed by atoms with E-state index in [0.717, 1.165) is 13.1 Å². The van der Waals surface area contributed by atoms with Gasteiger partial charge in [0.25, 0.3) is 0 Å². The number of alkyl halides is 1. The van der Waals surface area contributed by atoms with Gasteiger partial charge in [-0.3, -0.25) is 0 Å². The molecule has 0 amide bonds. The molecule has 16 heavy (non-hydrogen) atoms. The van der Waals surface area contributed by atoms with Crippen LogP contribution >= 0.6 is 0 Å². The van der Waals surface area contributed by atoms with E-state index in [0.29, 0.717) is 39.3 Å². The molecule has 0 saturated carbocycles. The molecule has 2 rings (SSSR count). The summed E-state index contributed by atoms with van der Waals surface area (Å²) >= 11 is 0. The van der Waals surface area contributed by atoms with Crippen molar-refractivity contribution in [1.82, 2.24) is 5.32 Å². The summed E-state index contributed by atoms with van der Waals surface area (Å²) in [6, 6.07) is 0. The predicted molar refractivity (Wildman–Crippen MR) is 57.3 cm³/mol.